The van der Waals surface area contributed by atoms with E-state index in [0.717, 1.165) is 5.56 Å². The van der Waals surface area contributed by atoms with Crippen LogP contribution >= 0.6 is 11.6 Å². The van der Waals surface area contributed by atoms with Crippen LogP contribution in [0.5, 0.6) is 0 Å². The van der Waals surface area contributed by atoms with Gasteiger partial charge in [-0.2, -0.15) is 0 Å². The molecule has 0 saturated heterocycles. The van der Waals surface area contributed by atoms with Gasteiger partial charge in [-0.25, -0.2) is 8.78 Å². The zero-order valence-electron chi connectivity index (χ0n) is 9.75. The summed E-state index contributed by atoms with van der Waals surface area (Å²) in [6.45, 7) is 1.79. The summed E-state index contributed by atoms with van der Waals surface area (Å²) in [6, 6.07) is 8.32. The molecule has 0 heterocycles. The monoisotopic (exact) mass is 267 g/mol. The normalized spacial score (nSPS) is 12.5. The van der Waals surface area contributed by atoms with Gasteiger partial charge in [-0.15, -0.1) is 0 Å². The summed E-state index contributed by atoms with van der Waals surface area (Å²) in [6.07, 6.45) is 0. The molecule has 0 amide bonds. The van der Waals surface area contributed by atoms with Crippen LogP contribution in [0.15, 0.2) is 36.4 Å². The van der Waals surface area contributed by atoms with Crippen molar-refractivity contribution in [2.24, 2.45) is 5.73 Å². The third-order valence-corrected chi connectivity index (χ3v) is 3.02. The number of hydrogen-bond donors (Lipinski definition) is 1. The van der Waals surface area contributed by atoms with Crippen molar-refractivity contribution in [1.82, 2.24) is 0 Å². The topological polar surface area (TPSA) is 26.0 Å². The average Bonchev–Trinajstić information content (AvgIpc) is 2.30. The Bertz CT molecular complexity index is 564. The average molecular weight is 268 g/mol. The Balaban J connectivity index is 2.40. The number of benzene rings is 2. The molecule has 0 radical (unpaired) electrons. The lowest BCUT2D eigenvalue weighted by Gasteiger charge is -2.14. The highest BCUT2D eigenvalue weighted by atomic mass is 35.5. The minimum Gasteiger partial charge on any atom is -0.320 e. The molecule has 2 rings (SSSR count). The van der Waals surface area contributed by atoms with Gasteiger partial charge in [0.1, 0.15) is 11.6 Å². The zero-order valence-corrected chi connectivity index (χ0v) is 10.5. The molecule has 2 aromatic carbocycles. The summed E-state index contributed by atoms with van der Waals surface area (Å²) in [5.74, 6) is -0.836. The molecule has 94 valence electrons. The van der Waals surface area contributed by atoms with E-state index in [9.17, 15) is 8.78 Å². The van der Waals surface area contributed by atoms with Crippen molar-refractivity contribution in [2.75, 3.05) is 0 Å². The van der Waals surface area contributed by atoms with Crippen molar-refractivity contribution < 1.29 is 8.78 Å². The zero-order chi connectivity index (χ0) is 13.3. The molecule has 0 bridgehead atoms. The minimum atomic E-state index is -0.530. The Kier molecular flexibility index (Phi) is 3.64. The van der Waals surface area contributed by atoms with Gasteiger partial charge in [0.25, 0.3) is 0 Å². The fourth-order valence-electron chi connectivity index (χ4n) is 1.84. The lowest BCUT2D eigenvalue weighted by atomic mass is 9.98. The molecule has 1 unspecified atom stereocenters. The first kappa shape index (κ1) is 13.0. The number of hydrogen-bond acceptors (Lipinski definition) is 1. The van der Waals surface area contributed by atoms with Gasteiger partial charge in [0.2, 0.25) is 0 Å². The molecular formula is C14H12ClF2N. The molecule has 0 saturated carbocycles. The highest BCUT2D eigenvalue weighted by Gasteiger charge is 2.12. The molecule has 0 aliphatic rings. The van der Waals surface area contributed by atoms with Crippen molar-refractivity contribution in [2.45, 2.75) is 13.0 Å². The number of nitrogens with two attached hydrogens (primary N) is 1. The van der Waals surface area contributed by atoms with Crippen LogP contribution in [-0.4, -0.2) is 0 Å². The first-order chi connectivity index (χ1) is 8.47. The molecule has 18 heavy (non-hydrogen) atoms. The van der Waals surface area contributed by atoms with E-state index >= 15 is 0 Å². The van der Waals surface area contributed by atoms with E-state index in [-0.39, 0.29) is 10.8 Å². The number of aryl methyl sites for hydroxylation is 1. The van der Waals surface area contributed by atoms with Crippen molar-refractivity contribution in [3.8, 4) is 0 Å². The molecule has 0 aliphatic carbocycles. The second-order valence-electron chi connectivity index (χ2n) is 4.21. The molecule has 0 fully saturated rings. The summed E-state index contributed by atoms with van der Waals surface area (Å²) in [4.78, 5) is 0. The largest absolute Gasteiger partial charge is 0.320 e. The molecule has 0 aliphatic heterocycles. The van der Waals surface area contributed by atoms with E-state index in [1.54, 1.807) is 19.1 Å². The molecule has 2 N–H and O–H groups in total. The van der Waals surface area contributed by atoms with Gasteiger partial charge >= 0.3 is 0 Å². The van der Waals surface area contributed by atoms with Crippen LogP contribution in [0, 0.1) is 18.6 Å². The Morgan fingerprint density at radius 3 is 2.39 bits per heavy atom. The molecule has 1 nitrogen and oxygen atoms in total. The summed E-state index contributed by atoms with van der Waals surface area (Å²) in [7, 11) is 0. The standard InChI is InChI=1S/C14H12ClF2N/c1-8-4-10(6-11(16)5-8)14(18)9-2-3-13(17)12(15)7-9/h2-7,14H,18H2,1H3. The first-order valence-corrected chi connectivity index (χ1v) is 5.83. The van der Waals surface area contributed by atoms with Crippen LogP contribution in [0.2, 0.25) is 5.02 Å². The predicted molar refractivity (Wildman–Crippen MR) is 68.6 cm³/mol. The third-order valence-electron chi connectivity index (χ3n) is 2.73. The lowest BCUT2D eigenvalue weighted by molar-refractivity contribution is 0.620. The number of halogens is 3. The van der Waals surface area contributed by atoms with Crippen LogP contribution in [0.4, 0.5) is 8.78 Å². The molecule has 4 heteroatoms. The van der Waals surface area contributed by atoms with Crippen LogP contribution in [0.1, 0.15) is 22.7 Å². The summed E-state index contributed by atoms with van der Waals surface area (Å²) < 4.78 is 26.4. The van der Waals surface area contributed by atoms with Gasteiger partial charge in [0.05, 0.1) is 11.1 Å². The molecule has 2 aromatic rings. The molecule has 0 aromatic heterocycles. The van der Waals surface area contributed by atoms with E-state index in [1.165, 1.54) is 24.3 Å². The highest BCUT2D eigenvalue weighted by molar-refractivity contribution is 6.30. The quantitative estimate of drug-likeness (QED) is 0.875. The lowest BCUT2D eigenvalue weighted by Crippen LogP contribution is -2.12. The Morgan fingerprint density at radius 2 is 1.78 bits per heavy atom. The Morgan fingerprint density at radius 1 is 1.06 bits per heavy atom. The first-order valence-electron chi connectivity index (χ1n) is 5.45. The van der Waals surface area contributed by atoms with Gasteiger partial charge < -0.3 is 5.73 Å². The van der Waals surface area contributed by atoms with Gasteiger partial charge in [-0.3, -0.25) is 0 Å². The molecule has 0 spiro atoms. The van der Waals surface area contributed by atoms with Gasteiger partial charge in [0, 0.05) is 0 Å². The SMILES string of the molecule is Cc1cc(F)cc(C(N)c2ccc(F)c(Cl)c2)c1. The molecule has 1 atom stereocenters. The van der Waals surface area contributed by atoms with Gasteiger partial charge in [-0.05, 0) is 47.9 Å². The summed E-state index contributed by atoms with van der Waals surface area (Å²) in [5, 5.41) is 0.0103. The van der Waals surface area contributed by atoms with Crippen molar-refractivity contribution in [3.05, 3.63) is 69.7 Å². The van der Waals surface area contributed by atoms with E-state index < -0.39 is 11.9 Å². The maximum absolute atomic E-state index is 13.3. The van der Waals surface area contributed by atoms with Crippen molar-refractivity contribution in [1.29, 1.82) is 0 Å². The second-order valence-corrected chi connectivity index (χ2v) is 4.62. The van der Waals surface area contributed by atoms with Crippen molar-refractivity contribution >= 4 is 11.6 Å². The Labute approximate surface area is 109 Å². The van der Waals surface area contributed by atoms with Gasteiger partial charge in [-0.1, -0.05) is 23.7 Å². The summed E-state index contributed by atoms with van der Waals surface area (Å²) >= 11 is 5.70. The van der Waals surface area contributed by atoms with E-state index in [1.807, 2.05) is 0 Å². The fourth-order valence-corrected chi connectivity index (χ4v) is 2.03. The third kappa shape index (κ3) is 2.68. The predicted octanol–water partition coefficient (Wildman–Crippen LogP) is 3.97. The van der Waals surface area contributed by atoms with Crippen LogP contribution in [0.25, 0.3) is 0 Å². The van der Waals surface area contributed by atoms with Crippen LogP contribution in [0.3, 0.4) is 0 Å². The maximum atomic E-state index is 13.3. The van der Waals surface area contributed by atoms with Crippen molar-refractivity contribution in [3.63, 3.8) is 0 Å². The van der Waals surface area contributed by atoms with E-state index in [0.29, 0.717) is 11.1 Å². The smallest absolute Gasteiger partial charge is 0.141 e. The summed E-state index contributed by atoms with van der Waals surface area (Å²) in [5.41, 5.74) is 8.09. The van der Waals surface area contributed by atoms with Gasteiger partial charge in [0.15, 0.2) is 0 Å². The van der Waals surface area contributed by atoms with E-state index in [2.05, 4.69) is 0 Å². The van der Waals surface area contributed by atoms with E-state index in [4.69, 9.17) is 17.3 Å². The maximum Gasteiger partial charge on any atom is 0.141 e. The highest BCUT2D eigenvalue weighted by Crippen LogP contribution is 2.25. The second kappa shape index (κ2) is 5.04. The fraction of sp³-hybridized carbons (Fsp3) is 0.143. The molecular weight excluding hydrogens is 256 g/mol. The van der Waals surface area contributed by atoms with Crippen LogP contribution in [-0.2, 0) is 0 Å². The minimum absolute atomic E-state index is 0.0103. The van der Waals surface area contributed by atoms with Crippen LogP contribution < -0.4 is 5.73 Å². The Hall–Kier alpha value is -1.45. The number of rotatable bonds is 2.